The largest absolute Gasteiger partial charge is 0.488 e. The van der Waals surface area contributed by atoms with Gasteiger partial charge in [0.25, 0.3) is 12.3 Å². The van der Waals surface area contributed by atoms with Gasteiger partial charge in [0, 0.05) is 25.8 Å². The van der Waals surface area contributed by atoms with Crippen LogP contribution in [0.4, 0.5) is 32.0 Å². The lowest BCUT2D eigenvalue weighted by Crippen LogP contribution is -2.55. The van der Waals surface area contributed by atoms with Crippen molar-refractivity contribution in [3.63, 3.8) is 0 Å². The second kappa shape index (κ2) is 11.0. The third kappa shape index (κ3) is 5.87. The summed E-state index contributed by atoms with van der Waals surface area (Å²) in [6, 6.07) is 0.0996. The molecule has 1 aromatic carbocycles. The van der Waals surface area contributed by atoms with Gasteiger partial charge in [-0.25, -0.2) is 21.6 Å². The number of hydrogen-bond acceptors (Lipinski definition) is 6. The van der Waals surface area contributed by atoms with Crippen molar-refractivity contribution in [1.29, 1.82) is 0 Å². The van der Waals surface area contributed by atoms with E-state index >= 15 is 0 Å². The number of sulfonamides is 1. The number of fused-ring (bicyclic) bond motifs is 1. The van der Waals surface area contributed by atoms with Crippen molar-refractivity contribution in [3.8, 4) is 5.75 Å². The Balaban J connectivity index is 1.58. The minimum atomic E-state index is -4.80. The molecule has 2 aliphatic rings. The molecule has 0 aliphatic carbocycles. The molecular weight excluding hydrogens is 624 g/mol. The van der Waals surface area contributed by atoms with E-state index < -0.39 is 98.0 Å². The normalized spacial score (nSPS) is 20.6. The van der Waals surface area contributed by atoms with E-state index in [-0.39, 0.29) is 18.7 Å². The van der Waals surface area contributed by atoms with Gasteiger partial charge in [-0.1, -0.05) is 11.6 Å². The second-order valence-electron chi connectivity index (χ2n) is 9.74. The SMILES string of the molecule is C[C@@H](NC(=O)C(=O)N1CC[C@]2(COc3c(c(Cl)n(C)c3C(=O)Nc3ccc(F)c(C(F)F)c3)S(=O)(=O)N2)C1)C(F)(F)F. The van der Waals surface area contributed by atoms with Crippen LogP contribution in [0.25, 0.3) is 0 Å². The zero-order valence-electron chi connectivity index (χ0n) is 21.6. The van der Waals surface area contributed by atoms with E-state index in [0.717, 1.165) is 15.5 Å². The number of amides is 3. The first-order chi connectivity index (χ1) is 19.4. The van der Waals surface area contributed by atoms with Crippen molar-refractivity contribution < 1.29 is 53.9 Å². The molecule has 3 heterocycles. The maximum atomic E-state index is 13.7. The zero-order valence-corrected chi connectivity index (χ0v) is 23.2. The topological polar surface area (TPSA) is 139 Å². The van der Waals surface area contributed by atoms with Crippen molar-refractivity contribution in [2.45, 2.75) is 42.4 Å². The molecule has 2 atom stereocenters. The number of aromatic nitrogens is 1. The highest BCUT2D eigenvalue weighted by Crippen LogP contribution is 2.41. The number of nitrogens with one attached hydrogen (secondary N) is 3. The lowest BCUT2D eigenvalue weighted by Gasteiger charge is -2.27. The molecular formula is C23H22ClF6N5O6S. The molecule has 0 radical (unpaired) electrons. The van der Waals surface area contributed by atoms with Crippen LogP contribution in [0.15, 0.2) is 23.1 Å². The van der Waals surface area contributed by atoms with Gasteiger partial charge in [0.05, 0.1) is 11.1 Å². The van der Waals surface area contributed by atoms with Crippen LogP contribution >= 0.6 is 11.6 Å². The van der Waals surface area contributed by atoms with Gasteiger partial charge in [-0.15, -0.1) is 0 Å². The van der Waals surface area contributed by atoms with Crippen molar-refractivity contribution in [2.75, 3.05) is 25.0 Å². The van der Waals surface area contributed by atoms with Crippen LogP contribution in [0, 0.1) is 5.82 Å². The number of likely N-dealkylation sites (tertiary alicyclic amines) is 1. The van der Waals surface area contributed by atoms with Gasteiger partial charge < -0.3 is 24.8 Å². The second-order valence-corrected chi connectivity index (χ2v) is 11.7. The smallest absolute Gasteiger partial charge is 0.408 e. The van der Waals surface area contributed by atoms with Gasteiger partial charge >= 0.3 is 18.0 Å². The summed E-state index contributed by atoms with van der Waals surface area (Å²) in [5, 5.41) is 3.33. The molecule has 1 spiro atoms. The molecule has 0 unspecified atom stereocenters. The first-order valence-corrected chi connectivity index (χ1v) is 13.8. The van der Waals surface area contributed by atoms with Gasteiger partial charge in [0.2, 0.25) is 10.0 Å². The Kier molecular flexibility index (Phi) is 8.20. The van der Waals surface area contributed by atoms with Gasteiger partial charge in [-0.3, -0.25) is 14.4 Å². The fourth-order valence-corrected chi connectivity index (χ4v) is 6.64. The molecule has 1 saturated heterocycles. The maximum absolute atomic E-state index is 13.7. The van der Waals surface area contributed by atoms with Crippen LogP contribution in [-0.2, 0) is 26.7 Å². The number of benzene rings is 1. The Morgan fingerprint density at radius 1 is 1.21 bits per heavy atom. The summed E-state index contributed by atoms with van der Waals surface area (Å²) in [6.07, 6.45) is -8.11. The number of halogens is 7. The maximum Gasteiger partial charge on any atom is 0.408 e. The van der Waals surface area contributed by atoms with Crippen molar-refractivity contribution in [1.82, 2.24) is 19.5 Å². The number of hydrogen-bond donors (Lipinski definition) is 3. The monoisotopic (exact) mass is 645 g/mol. The van der Waals surface area contributed by atoms with Crippen LogP contribution in [-0.4, -0.2) is 73.1 Å². The number of carbonyl (C=O) groups is 3. The summed E-state index contributed by atoms with van der Waals surface area (Å²) < 4.78 is 114. The first-order valence-electron chi connectivity index (χ1n) is 12.0. The highest BCUT2D eigenvalue weighted by Gasteiger charge is 2.50. The Morgan fingerprint density at radius 2 is 1.88 bits per heavy atom. The van der Waals surface area contributed by atoms with Crippen molar-refractivity contribution >= 4 is 45.0 Å². The standard InChI is InChI=1S/C23H22ClF6N5O6S/c1-10(23(28,29)30)31-20(37)21(38)35-6-5-22(8-35)9-41-15-14(34(2)17(24)16(15)42(39,40)33-22)19(36)32-11-3-4-13(25)12(7-11)18(26)27/h3-4,7,10,18,33H,5-6,8-9H2,1-2H3,(H,31,37)(H,32,36)/t10-,22-/m1/s1. The summed E-state index contributed by atoms with van der Waals surface area (Å²) in [5.41, 5.74) is -3.22. The number of alkyl halides is 5. The molecule has 2 aliphatic heterocycles. The molecule has 0 saturated carbocycles. The van der Waals surface area contributed by atoms with E-state index in [1.54, 1.807) is 5.32 Å². The predicted molar refractivity (Wildman–Crippen MR) is 133 cm³/mol. The van der Waals surface area contributed by atoms with Gasteiger partial charge in [0.15, 0.2) is 16.3 Å². The lowest BCUT2D eigenvalue weighted by atomic mass is 10.0. The molecule has 3 amide bonds. The minimum Gasteiger partial charge on any atom is -0.488 e. The Labute approximate surface area is 239 Å². The Bertz CT molecular complexity index is 1570. The van der Waals surface area contributed by atoms with Crippen molar-refractivity contribution in [3.05, 3.63) is 40.4 Å². The molecule has 1 aromatic heterocycles. The highest BCUT2D eigenvalue weighted by atomic mass is 35.5. The van der Waals surface area contributed by atoms with Gasteiger partial charge in [-0.2, -0.15) is 17.9 Å². The summed E-state index contributed by atoms with van der Waals surface area (Å²) in [7, 11) is -3.36. The average molecular weight is 646 g/mol. The number of carbonyl (C=O) groups excluding carboxylic acids is 3. The van der Waals surface area contributed by atoms with E-state index in [9.17, 15) is 49.1 Å². The van der Waals surface area contributed by atoms with Gasteiger partial charge in [0.1, 0.15) is 23.6 Å². The minimum absolute atomic E-state index is 0.123. The van der Waals surface area contributed by atoms with E-state index in [1.165, 1.54) is 7.05 Å². The molecule has 4 rings (SSSR count). The summed E-state index contributed by atoms with van der Waals surface area (Å²) >= 11 is 6.25. The molecule has 2 aromatic rings. The molecule has 11 nitrogen and oxygen atoms in total. The van der Waals surface area contributed by atoms with Crippen LogP contribution < -0.4 is 20.1 Å². The number of ether oxygens (including phenoxy) is 1. The van der Waals surface area contributed by atoms with Crippen LogP contribution in [0.2, 0.25) is 5.15 Å². The zero-order chi connectivity index (χ0) is 31.4. The molecule has 19 heteroatoms. The average Bonchev–Trinajstić information content (AvgIpc) is 3.37. The highest BCUT2D eigenvalue weighted by molar-refractivity contribution is 7.89. The van der Waals surface area contributed by atoms with Crippen LogP contribution in [0.5, 0.6) is 5.75 Å². The third-order valence-electron chi connectivity index (χ3n) is 6.73. The number of rotatable bonds is 4. The first kappa shape index (κ1) is 31.4. The third-order valence-corrected chi connectivity index (χ3v) is 8.90. The fraction of sp³-hybridized carbons (Fsp3) is 0.435. The summed E-state index contributed by atoms with van der Waals surface area (Å²) in [5.74, 6) is -5.64. The van der Waals surface area contributed by atoms with E-state index in [1.807, 2.05) is 0 Å². The molecule has 1 fully saturated rings. The van der Waals surface area contributed by atoms with E-state index in [2.05, 4.69) is 10.0 Å². The van der Waals surface area contributed by atoms with Crippen LogP contribution in [0.3, 0.4) is 0 Å². The fourth-order valence-electron chi connectivity index (χ4n) is 4.51. The lowest BCUT2D eigenvalue weighted by molar-refractivity contribution is -0.162. The molecule has 42 heavy (non-hydrogen) atoms. The molecule has 3 N–H and O–H groups in total. The van der Waals surface area contributed by atoms with E-state index in [4.69, 9.17) is 16.3 Å². The predicted octanol–water partition coefficient (Wildman–Crippen LogP) is 2.72. The van der Waals surface area contributed by atoms with Crippen molar-refractivity contribution in [2.24, 2.45) is 7.05 Å². The summed E-state index contributed by atoms with van der Waals surface area (Å²) in [6.45, 7) is -0.558. The Morgan fingerprint density at radius 3 is 2.50 bits per heavy atom. The number of anilines is 1. The van der Waals surface area contributed by atoms with Crippen LogP contribution in [0.1, 0.15) is 35.8 Å². The van der Waals surface area contributed by atoms with Gasteiger partial charge in [-0.05, 0) is 31.5 Å². The number of nitrogens with zero attached hydrogens (tertiary/aromatic N) is 2. The molecule has 230 valence electrons. The summed E-state index contributed by atoms with van der Waals surface area (Å²) in [4.78, 5) is 38.0. The molecule has 0 bridgehead atoms. The quantitative estimate of drug-likeness (QED) is 0.345. The Hall–Kier alpha value is -3.51. The van der Waals surface area contributed by atoms with E-state index in [0.29, 0.717) is 19.1 Å².